The first kappa shape index (κ1) is 14.0. The summed E-state index contributed by atoms with van der Waals surface area (Å²) in [7, 11) is 0. The highest BCUT2D eigenvalue weighted by Crippen LogP contribution is 2.19. The van der Waals surface area contributed by atoms with Gasteiger partial charge < -0.3 is 0 Å². The first-order chi connectivity index (χ1) is 9.06. The molecule has 0 aliphatic rings. The largest absolute Gasteiger partial charge is 0.293 e. The fourth-order valence-corrected chi connectivity index (χ4v) is 2.19. The van der Waals surface area contributed by atoms with Crippen LogP contribution < -0.4 is 0 Å². The van der Waals surface area contributed by atoms with Gasteiger partial charge in [-0.2, -0.15) is 0 Å². The first-order valence-electron chi connectivity index (χ1n) is 5.29. The molecule has 0 aliphatic heterocycles. The minimum absolute atomic E-state index is 0.0969. The quantitative estimate of drug-likeness (QED) is 0.631. The van der Waals surface area contributed by atoms with Crippen molar-refractivity contribution >= 4 is 29.1 Å². The molecule has 1 aromatic carbocycles. The summed E-state index contributed by atoms with van der Waals surface area (Å²) < 4.78 is 25.7. The average Bonchev–Trinajstić information content (AvgIpc) is 2.41. The topological polar surface area (TPSA) is 30.0 Å². The van der Waals surface area contributed by atoms with Gasteiger partial charge in [0.15, 0.2) is 17.4 Å². The number of nitrogens with zero attached hydrogens (tertiary/aromatic N) is 1. The van der Waals surface area contributed by atoms with Crippen LogP contribution in [0.4, 0.5) is 8.78 Å². The normalized spacial score (nSPS) is 10.5. The third kappa shape index (κ3) is 3.75. The molecule has 0 aliphatic carbocycles. The second-order valence-electron chi connectivity index (χ2n) is 3.66. The number of Topliss-reactive ketones (excluding diaryl/α,β-unsaturated/α-hetero) is 1. The van der Waals surface area contributed by atoms with Crippen molar-refractivity contribution in [2.75, 3.05) is 5.75 Å². The fourth-order valence-electron chi connectivity index (χ4n) is 1.34. The molecule has 6 heteroatoms. The molecule has 0 radical (unpaired) electrons. The van der Waals surface area contributed by atoms with Crippen LogP contribution in [0.2, 0.25) is 5.02 Å². The lowest BCUT2D eigenvalue weighted by atomic mass is 10.1. The smallest absolute Gasteiger partial charge is 0.173 e. The molecule has 1 heterocycles. The number of aromatic nitrogens is 1. The van der Waals surface area contributed by atoms with Gasteiger partial charge >= 0.3 is 0 Å². The van der Waals surface area contributed by atoms with Gasteiger partial charge in [-0.1, -0.05) is 23.4 Å². The Hall–Kier alpha value is -1.46. The number of rotatable bonds is 4. The Balaban J connectivity index is 2.01. The first-order valence-corrected chi connectivity index (χ1v) is 6.65. The van der Waals surface area contributed by atoms with Crippen LogP contribution in [-0.2, 0) is 0 Å². The van der Waals surface area contributed by atoms with E-state index < -0.39 is 11.6 Å². The van der Waals surface area contributed by atoms with E-state index >= 15 is 0 Å². The minimum Gasteiger partial charge on any atom is -0.293 e. The van der Waals surface area contributed by atoms with E-state index in [-0.39, 0.29) is 17.1 Å². The van der Waals surface area contributed by atoms with E-state index in [1.54, 1.807) is 12.1 Å². The van der Waals surface area contributed by atoms with E-state index in [4.69, 9.17) is 11.6 Å². The molecule has 0 spiro atoms. The predicted octanol–water partition coefficient (Wildman–Crippen LogP) is 3.99. The molecule has 0 unspecified atom stereocenters. The SMILES string of the molecule is O=C(CSc1ccc(Cl)cn1)c1ccc(F)c(F)c1. The van der Waals surface area contributed by atoms with Crippen LogP contribution in [0.5, 0.6) is 0 Å². The van der Waals surface area contributed by atoms with Gasteiger partial charge in [-0.3, -0.25) is 4.79 Å². The van der Waals surface area contributed by atoms with Crippen molar-refractivity contribution in [1.29, 1.82) is 0 Å². The van der Waals surface area contributed by atoms with E-state index in [2.05, 4.69) is 4.98 Å². The summed E-state index contributed by atoms with van der Waals surface area (Å²) in [5.41, 5.74) is 0.139. The van der Waals surface area contributed by atoms with E-state index in [1.165, 1.54) is 24.0 Å². The van der Waals surface area contributed by atoms with Gasteiger partial charge in [-0.05, 0) is 30.3 Å². The van der Waals surface area contributed by atoms with Crippen molar-refractivity contribution in [3.05, 3.63) is 58.7 Å². The summed E-state index contributed by atoms with van der Waals surface area (Å²) in [6, 6.07) is 6.45. The molecule has 98 valence electrons. The third-order valence-corrected chi connectivity index (χ3v) is 3.46. The van der Waals surface area contributed by atoms with Crippen LogP contribution in [0, 0.1) is 11.6 Å². The summed E-state index contributed by atoms with van der Waals surface area (Å²) in [4.78, 5) is 15.8. The monoisotopic (exact) mass is 299 g/mol. The maximum absolute atomic E-state index is 13.0. The molecule has 0 bridgehead atoms. The molecule has 0 atom stereocenters. The number of hydrogen-bond acceptors (Lipinski definition) is 3. The van der Waals surface area contributed by atoms with Gasteiger partial charge in [0.05, 0.1) is 15.8 Å². The van der Waals surface area contributed by atoms with Crippen molar-refractivity contribution in [3.63, 3.8) is 0 Å². The van der Waals surface area contributed by atoms with Crippen molar-refractivity contribution in [2.24, 2.45) is 0 Å². The lowest BCUT2D eigenvalue weighted by Crippen LogP contribution is -2.03. The molecule has 0 saturated heterocycles. The third-order valence-electron chi connectivity index (χ3n) is 2.29. The number of carbonyl (C=O) groups excluding carboxylic acids is 1. The standard InChI is InChI=1S/C13H8ClF2NOS/c14-9-2-4-13(17-6-9)19-7-12(18)8-1-3-10(15)11(16)5-8/h1-6H,7H2. The minimum atomic E-state index is -1.03. The van der Waals surface area contributed by atoms with Crippen molar-refractivity contribution < 1.29 is 13.6 Å². The number of benzene rings is 1. The predicted molar refractivity (Wildman–Crippen MR) is 70.7 cm³/mol. The summed E-state index contributed by atoms with van der Waals surface area (Å²) >= 11 is 6.89. The molecule has 1 aromatic heterocycles. The zero-order valence-corrected chi connectivity index (χ0v) is 11.1. The number of halogens is 3. The van der Waals surface area contributed by atoms with Gasteiger partial charge in [0.1, 0.15) is 0 Å². The zero-order chi connectivity index (χ0) is 13.8. The van der Waals surface area contributed by atoms with Crippen molar-refractivity contribution in [2.45, 2.75) is 5.03 Å². The fraction of sp³-hybridized carbons (Fsp3) is 0.0769. The molecule has 0 N–H and O–H groups in total. The van der Waals surface area contributed by atoms with Crippen molar-refractivity contribution in [1.82, 2.24) is 4.98 Å². The molecule has 0 amide bonds. The van der Waals surface area contributed by atoms with Crippen LogP contribution in [0.15, 0.2) is 41.6 Å². The number of hydrogen-bond donors (Lipinski definition) is 0. The Morgan fingerprint density at radius 1 is 1.21 bits per heavy atom. The molecule has 0 fully saturated rings. The zero-order valence-electron chi connectivity index (χ0n) is 9.57. The number of pyridine rings is 1. The summed E-state index contributed by atoms with van der Waals surface area (Å²) in [6.45, 7) is 0. The molecule has 2 rings (SSSR count). The average molecular weight is 300 g/mol. The van der Waals surface area contributed by atoms with E-state index in [9.17, 15) is 13.6 Å². The van der Waals surface area contributed by atoms with Gasteiger partial charge in [0.2, 0.25) is 0 Å². The lowest BCUT2D eigenvalue weighted by molar-refractivity contribution is 0.102. The van der Waals surface area contributed by atoms with Gasteiger partial charge in [0, 0.05) is 11.8 Å². The Bertz CT molecular complexity index is 604. The second kappa shape index (κ2) is 6.12. The summed E-state index contributed by atoms with van der Waals surface area (Å²) in [5.74, 6) is -2.19. The van der Waals surface area contributed by atoms with Gasteiger partial charge in [-0.15, -0.1) is 0 Å². The summed E-state index contributed by atoms with van der Waals surface area (Å²) in [5, 5.41) is 1.15. The Morgan fingerprint density at radius 3 is 2.63 bits per heavy atom. The molecule has 2 nitrogen and oxygen atoms in total. The van der Waals surface area contributed by atoms with E-state index in [1.807, 2.05) is 0 Å². The highest BCUT2D eigenvalue weighted by atomic mass is 35.5. The van der Waals surface area contributed by atoms with E-state index in [0.29, 0.717) is 10.0 Å². The number of ketones is 1. The van der Waals surface area contributed by atoms with E-state index in [0.717, 1.165) is 12.1 Å². The maximum Gasteiger partial charge on any atom is 0.173 e. The lowest BCUT2D eigenvalue weighted by Gasteiger charge is -2.02. The number of thioether (sulfide) groups is 1. The molecule has 19 heavy (non-hydrogen) atoms. The van der Waals surface area contributed by atoms with Crippen LogP contribution in [0.25, 0.3) is 0 Å². The Morgan fingerprint density at radius 2 is 2.00 bits per heavy atom. The number of carbonyl (C=O) groups is 1. The maximum atomic E-state index is 13.0. The van der Waals surface area contributed by atoms with Crippen LogP contribution in [0.3, 0.4) is 0 Å². The second-order valence-corrected chi connectivity index (χ2v) is 5.09. The Kier molecular flexibility index (Phi) is 4.50. The van der Waals surface area contributed by atoms with Crippen LogP contribution >= 0.6 is 23.4 Å². The van der Waals surface area contributed by atoms with Gasteiger partial charge in [0.25, 0.3) is 0 Å². The molecular weight excluding hydrogens is 292 g/mol. The highest BCUT2D eigenvalue weighted by Gasteiger charge is 2.10. The van der Waals surface area contributed by atoms with Crippen molar-refractivity contribution in [3.8, 4) is 0 Å². The molecule has 2 aromatic rings. The highest BCUT2D eigenvalue weighted by molar-refractivity contribution is 7.99. The summed E-state index contributed by atoms with van der Waals surface area (Å²) in [6.07, 6.45) is 1.48. The Labute approximate surface area is 117 Å². The van der Waals surface area contributed by atoms with Crippen LogP contribution in [0.1, 0.15) is 10.4 Å². The van der Waals surface area contributed by atoms with Gasteiger partial charge in [-0.25, -0.2) is 13.8 Å². The van der Waals surface area contributed by atoms with Crippen LogP contribution in [-0.4, -0.2) is 16.5 Å². The molecular formula is C13H8ClF2NOS. The molecule has 0 saturated carbocycles.